The van der Waals surface area contributed by atoms with Crippen LogP contribution >= 0.6 is 0 Å². The molecule has 0 aliphatic carbocycles. The smallest absolute Gasteiger partial charge is 0.294 e. The summed E-state index contributed by atoms with van der Waals surface area (Å²) in [5.41, 5.74) is 2.72. The molecule has 0 radical (unpaired) electrons. The molecule has 3 aromatic carbocycles. The highest BCUT2D eigenvalue weighted by Gasteiger charge is 2.41. The summed E-state index contributed by atoms with van der Waals surface area (Å²) in [7, 11) is 0. The Morgan fingerprint density at radius 2 is 1.38 bits per heavy atom. The van der Waals surface area contributed by atoms with Gasteiger partial charge < -0.3 is 5.11 Å². The first-order valence-electron chi connectivity index (χ1n) is 8.29. The molecule has 1 N–H and O–H groups in total. The van der Waals surface area contributed by atoms with Gasteiger partial charge in [-0.2, -0.15) is 0 Å². The van der Waals surface area contributed by atoms with E-state index in [2.05, 4.69) is 0 Å². The minimum atomic E-state index is -0.496. The molecule has 0 aromatic heterocycles. The molecule has 0 spiro atoms. The van der Waals surface area contributed by atoms with Gasteiger partial charge in [0.15, 0.2) is 5.76 Å². The quantitative estimate of drug-likeness (QED) is 0.735. The van der Waals surface area contributed by atoms with Crippen molar-refractivity contribution in [2.24, 2.45) is 0 Å². The summed E-state index contributed by atoms with van der Waals surface area (Å²) in [5, 5.41) is 10.6. The molecule has 4 rings (SSSR count). The minimum Gasteiger partial charge on any atom is -0.503 e. The molecule has 4 heteroatoms. The van der Waals surface area contributed by atoms with E-state index in [1.807, 2.05) is 60.7 Å². The molecule has 1 atom stereocenters. The minimum absolute atomic E-state index is 0.283. The third kappa shape index (κ3) is 2.65. The Bertz CT molecular complexity index is 966. The topological polar surface area (TPSA) is 40.5 Å². The lowest BCUT2D eigenvalue weighted by atomic mass is 9.93. The van der Waals surface area contributed by atoms with Crippen LogP contribution in [0.5, 0.6) is 0 Å². The van der Waals surface area contributed by atoms with Gasteiger partial charge in [0.25, 0.3) is 5.91 Å². The Balaban J connectivity index is 1.90. The number of amides is 1. The summed E-state index contributed by atoms with van der Waals surface area (Å²) in [6, 6.07) is 24.1. The summed E-state index contributed by atoms with van der Waals surface area (Å²) in [6.45, 7) is 0. The van der Waals surface area contributed by atoms with Gasteiger partial charge in [0.1, 0.15) is 5.82 Å². The van der Waals surface area contributed by atoms with Gasteiger partial charge in [-0.25, -0.2) is 4.39 Å². The van der Waals surface area contributed by atoms with Crippen LogP contribution in [0.2, 0.25) is 0 Å². The van der Waals surface area contributed by atoms with Crippen LogP contribution in [0, 0.1) is 5.82 Å². The summed E-state index contributed by atoms with van der Waals surface area (Å²) in [5.74, 6) is -1.16. The van der Waals surface area contributed by atoms with Crippen molar-refractivity contribution >= 4 is 17.2 Å². The van der Waals surface area contributed by atoms with E-state index >= 15 is 0 Å². The molecule has 0 saturated heterocycles. The Morgan fingerprint density at radius 3 is 2.00 bits per heavy atom. The van der Waals surface area contributed by atoms with Crippen LogP contribution in [0.1, 0.15) is 17.2 Å². The van der Waals surface area contributed by atoms with Crippen molar-refractivity contribution in [1.82, 2.24) is 0 Å². The van der Waals surface area contributed by atoms with Crippen LogP contribution < -0.4 is 4.90 Å². The average Bonchev–Trinajstić information content (AvgIpc) is 2.95. The van der Waals surface area contributed by atoms with Crippen molar-refractivity contribution in [3.8, 4) is 0 Å². The van der Waals surface area contributed by atoms with Crippen molar-refractivity contribution in [3.05, 3.63) is 108 Å². The summed E-state index contributed by atoms with van der Waals surface area (Å²) < 4.78 is 13.3. The fourth-order valence-electron chi connectivity index (χ4n) is 3.34. The van der Waals surface area contributed by atoms with E-state index in [-0.39, 0.29) is 11.6 Å². The van der Waals surface area contributed by atoms with E-state index in [1.165, 1.54) is 17.0 Å². The molecular weight excluding hydrogens is 329 g/mol. The van der Waals surface area contributed by atoms with Crippen LogP contribution in [0.3, 0.4) is 0 Å². The monoisotopic (exact) mass is 345 g/mol. The van der Waals surface area contributed by atoms with Crippen LogP contribution in [0.25, 0.3) is 5.57 Å². The van der Waals surface area contributed by atoms with E-state index in [0.29, 0.717) is 11.3 Å². The van der Waals surface area contributed by atoms with Gasteiger partial charge in [0.2, 0.25) is 0 Å². The number of nitrogens with zero attached hydrogens (tertiary/aromatic N) is 1. The molecule has 3 aromatic rings. The van der Waals surface area contributed by atoms with Gasteiger partial charge in [-0.1, -0.05) is 60.7 Å². The molecule has 1 amide bonds. The first kappa shape index (κ1) is 16.1. The lowest BCUT2D eigenvalue weighted by Gasteiger charge is -2.27. The zero-order valence-electron chi connectivity index (χ0n) is 13.8. The molecule has 1 aliphatic rings. The van der Waals surface area contributed by atoms with Gasteiger partial charge in [0, 0.05) is 11.3 Å². The van der Waals surface area contributed by atoms with Crippen molar-refractivity contribution in [1.29, 1.82) is 0 Å². The van der Waals surface area contributed by atoms with Gasteiger partial charge in [-0.05, 0) is 35.4 Å². The fraction of sp³-hybridized carbons (Fsp3) is 0.0455. The van der Waals surface area contributed by atoms with E-state index in [9.17, 15) is 14.3 Å². The number of hydrogen-bond donors (Lipinski definition) is 1. The zero-order valence-corrected chi connectivity index (χ0v) is 13.8. The molecule has 128 valence electrons. The van der Waals surface area contributed by atoms with Crippen LogP contribution in [0.4, 0.5) is 10.1 Å². The molecule has 0 fully saturated rings. The summed E-state index contributed by atoms with van der Waals surface area (Å²) in [6.07, 6.45) is 0. The molecular formula is C22H16FNO2. The molecule has 1 unspecified atom stereocenters. The predicted octanol–water partition coefficient (Wildman–Crippen LogP) is 4.88. The van der Waals surface area contributed by atoms with Crippen molar-refractivity contribution in [3.63, 3.8) is 0 Å². The van der Waals surface area contributed by atoms with Gasteiger partial charge >= 0.3 is 0 Å². The number of aliphatic hydroxyl groups excluding tert-OH is 1. The lowest BCUT2D eigenvalue weighted by Crippen LogP contribution is -2.30. The van der Waals surface area contributed by atoms with Crippen LogP contribution in [-0.2, 0) is 4.79 Å². The second-order valence-corrected chi connectivity index (χ2v) is 6.09. The highest BCUT2D eigenvalue weighted by molar-refractivity contribution is 6.15. The Hall–Kier alpha value is -3.40. The third-order valence-electron chi connectivity index (χ3n) is 4.51. The highest BCUT2D eigenvalue weighted by atomic mass is 19.1. The van der Waals surface area contributed by atoms with Crippen molar-refractivity contribution < 1.29 is 14.3 Å². The zero-order chi connectivity index (χ0) is 18.1. The number of halogens is 1. The first-order valence-corrected chi connectivity index (χ1v) is 8.29. The Morgan fingerprint density at radius 1 is 0.808 bits per heavy atom. The maximum atomic E-state index is 13.3. The Kier molecular flexibility index (Phi) is 4.01. The van der Waals surface area contributed by atoms with E-state index in [4.69, 9.17) is 0 Å². The number of carbonyl (C=O) groups excluding carboxylic acids is 1. The number of benzene rings is 3. The largest absolute Gasteiger partial charge is 0.503 e. The molecule has 1 aliphatic heterocycles. The number of anilines is 1. The molecule has 0 bridgehead atoms. The second kappa shape index (κ2) is 6.48. The van der Waals surface area contributed by atoms with E-state index in [0.717, 1.165) is 11.1 Å². The number of hydrogen-bond acceptors (Lipinski definition) is 2. The molecule has 0 saturated carbocycles. The van der Waals surface area contributed by atoms with Crippen LogP contribution in [-0.4, -0.2) is 11.0 Å². The maximum absolute atomic E-state index is 13.3. The highest BCUT2D eigenvalue weighted by Crippen LogP contribution is 2.45. The van der Waals surface area contributed by atoms with Gasteiger partial charge in [-0.15, -0.1) is 0 Å². The predicted molar refractivity (Wildman–Crippen MR) is 99.1 cm³/mol. The second-order valence-electron chi connectivity index (χ2n) is 6.09. The number of aliphatic hydroxyl groups is 1. The lowest BCUT2D eigenvalue weighted by molar-refractivity contribution is -0.117. The molecule has 26 heavy (non-hydrogen) atoms. The first-order chi connectivity index (χ1) is 12.7. The number of rotatable bonds is 3. The van der Waals surface area contributed by atoms with E-state index < -0.39 is 11.9 Å². The number of carbonyl (C=O) groups is 1. The normalized spacial score (nSPS) is 17.0. The van der Waals surface area contributed by atoms with Gasteiger partial charge in [0.05, 0.1) is 6.04 Å². The Labute approximate surface area is 150 Å². The maximum Gasteiger partial charge on any atom is 0.294 e. The molecule has 3 nitrogen and oxygen atoms in total. The van der Waals surface area contributed by atoms with Crippen LogP contribution in [0.15, 0.2) is 90.7 Å². The SMILES string of the molecule is O=C1C(O)=C(c2ccccc2)C(c2ccccc2)N1c1ccc(F)cc1. The summed E-state index contributed by atoms with van der Waals surface area (Å²) in [4.78, 5) is 14.4. The third-order valence-corrected chi connectivity index (χ3v) is 4.51. The van der Waals surface area contributed by atoms with E-state index in [1.54, 1.807) is 12.1 Å². The average molecular weight is 345 g/mol. The van der Waals surface area contributed by atoms with Crippen molar-refractivity contribution in [2.75, 3.05) is 4.90 Å². The molecule has 1 heterocycles. The standard InChI is InChI=1S/C22H16FNO2/c23-17-11-13-18(14-12-17)24-20(16-9-5-2-6-10-16)19(21(25)22(24)26)15-7-3-1-4-8-15/h1-14,20,25H. The van der Waals surface area contributed by atoms with Crippen molar-refractivity contribution in [2.45, 2.75) is 6.04 Å². The summed E-state index contributed by atoms with van der Waals surface area (Å²) >= 11 is 0. The van der Waals surface area contributed by atoms with Gasteiger partial charge in [-0.3, -0.25) is 9.69 Å². The fourth-order valence-corrected chi connectivity index (χ4v) is 3.34.